The zero-order valence-electron chi connectivity index (χ0n) is 11.1. The van der Waals surface area contributed by atoms with Crippen molar-refractivity contribution in [3.05, 3.63) is 17.5 Å². The average Bonchev–Trinajstić information content (AvgIpc) is 2.73. The van der Waals surface area contributed by atoms with Crippen molar-refractivity contribution >= 4 is 11.7 Å². The van der Waals surface area contributed by atoms with Gasteiger partial charge >= 0.3 is 0 Å². The fourth-order valence-corrected chi connectivity index (χ4v) is 2.34. The number of aryl methyl sites for hydroxylation is 2. The molecule has 1 unspecified atom stereocenters. The van der Waals surface area contributed by atoms with Gasteiger partial charge in [-0.25, -0.2) is 0 Å². The standard InChI is InChI=1S/C13H19N3O2/c1-4-11-10(8-15(3)14-11)13(18)16-6-5-12(17)9(2)7-16/h8-9H,4-7H2,1-3H3. The molecule has 1 atom stereocenters. The van der Waals surface area contributed by atoms with Gasteiger partial charge in [0.1, 0.15) is 5.78 Å². The number of hydrogen-bond donors (Lipinski definition) is 0. The number of carbonyl (C=O) groups excluding carboxylic acids is 2. The lowest BCUT2D eigenvalue weighted by atomic mass is 9.98. The SMILES string of the molecule is CCc1nn(C)cc1C(=O)N1CCC(=O)C(C)C1. The fraction of sp³-hybridized carbons (Fsp3) is 0.615. The summed E-state index contributed by atoms with van der Waals surface area (Å²) in [5, 5.41) is 4.28. The zero-order chi connectivity index (χ0) is 13.3. The monoisotopic (exact) mass is 249 g/mol. The Morgan fingerprint density at radius 1 is 1.56 bits per heavy atom. The molecule has 1 aliphatic heterocycles. The van der Waals surface area contributed by atoms with Crippen molar-refractivity contribution < 1.29 is 9.59 Å². The summed E-state index contributed by atoms with van der Waals surface area (Å²) in [6.07, 6.45) is 2.97. The highest BCUT2D eigenvalue weighted by atomic mass is 16.2. The maximum atomic E-state index is 12.4. The van der Waals surface area contributed by atoms with E-state index in [0.717, 1.165) is 12.1 Å². The van der Waals surface area contributed by atoms with Crippen LogP contribution in [0.3, 0.4) is 0 Å². The molecule has 2 heterocycles. The summed E-state index contributed by atoms with van der Waals surface area (Å²) in [5.41, 5.74) is 1.49. The summed E-state index contributed by atoms with van der Waals surface area (Å²) in [5.74, 6) is 0.199. The van der Waals surface area contributed by atoms with Gasteiger partial charge in [0.2, 0.25) is 0 Å². The van der Waals surface area contributed by atoms with E-state index in [1.165, 1.54) is 0 Å². The van der Waals surface area contributed by atoms with Crippen LogP contribution < -0.4 is 0 Å². The van der Waals surface area contributed by atoms with Gasteiger partial charge in [-0.15, -0.1) is 0 Å². The Hall–Kier alpha value is -1.65. The number of likely N-dealkylation sites (tertiary alicyclic amines) is 1. The Morgan fingerprint density at radius 3 is 2.89 bits per heavy atom. The van der Waals surface area contributed by atoms with Crippen LogP contribution in [0, 0.1) is 5.92 Å². The second kappa shape index (κ2) is 4.92. The molecule has 2 rings (SSSR count). The highest BCUT2D eigenvalue weighted by molar-refractivity contribution is 5.96. The van der Waals surface area contributed by atoms with E-state index in [1.807, 2.05) is 20.9 Å². The van der Waals surface area contributed by atoms with Crippen LogP contribution in [0.15, 0.2) is 6.20 Å². The molecule has 1 aliphatic rings. The summed E-state index contributed by atoms with van der Waals surface area (Å²) in [7, 11) is 1.82. The number of Topliss-reactive ketones (excluding diaryl/α,β-unsaturated/α-hetero) is 1. The third-order valence-electron chi connectivity index (χ3n) is 3.43. The highest BCUT2D eigenvalue weighted by Crippen LogP contribution is 2.17. The number of ketones is 1. The number of hydrogen-bond acceptors (Lipinski definition) is 3. The van der Waals surface area contributed by atoms with Gasteiger partial charge in [-0.05, 0) is 6.42 Å². The quantitative estimate of drug-likeness (QED) is 0.786. The van der Waals surface area contributed by atoms with Gasteiger partial charge in [0.05, 0.1) is 11.3 Å². The Bertz CT molecular complexity index is 479. The Morgan fingerprint density at radius 2 is 2.28 bits per heavy atom. The van der Waals surface area contributed by atoms with Crippen LogP contribution in [0.25, 0.3) is 0 Å². The van der Waals surface area contributed by atoms with Crippen LogP contribution >= 0.6 is 0 Å². The summed E-state index contributed by atoms with van der Waals surface area (Å²) >= 11 is 0. The first-order chi connectivity index (χ1) is 8.52. The van der Waals surface area contributed by atoms with E-state index < -0.39 is 0 Å². The molecular weight excluding hydrogens is 230 g/mol. The Labute approximate surface area is 107 Å². The average molecular weight is 249 g/mol. The summed E-state index contributed by atoms with van der Waals surface area (Å²) in [6, 6.07) is 0. The lowest BCUT2D eigenvalue weighted by Gasteiger charge is -2.29. The molecule has 0 spiro atoms. The lowest BCUT2D eigenvalue weighted by molar-refractivity contribution is -0.124. The van der Waals surface area contributed by atoms with E-state index in [1.54, 1.807) is 15.8 Å². The van der Waals surface area contributed by atoms with Crippen LogP contribution in [0.2, 0.25) is 0 Å². The molecule has 1 fully saturated rings. The van der Waals surface area contributed by atoms with Crippen molar-refractivity contribution in [2.24, 2.45) is 13.0 Å². The van der Waals surface area contributed by atoms with Crippen molar-refractivity contribution in [1.29, 1.82) is 0 Å². The van der Waals surface area contributed by atoms with E-state index in [0.29, 0.717) is 25.1 Å². The summed E-state index contributed by atoms with van der Waals surface area (Å²) in [4.78, 5) is 25.6. The lowest BCUT2D eigenvalue weighted by Crippen LogP contribution is -2.43. The van der Waals surface area contributed by atoms with Crippen molar-refractivity contribution in [1.82, 2.24) is 14.7 Å². The van der Waals surface area contributed by atoms with Crippen LogP contribution in [0.1, 0.15) is 36.3 Å². The largest absolute Gasteiger partial charge is 0.337 e. The second-order valence-corrected chi connectivity index (χ2v) is 4.89. The molecule has 0 bridgehead atoms. The van der Waals surface area contributed by atoms with Gasteiger partial charge in [0.25, 0.3) is 5.91 Å². The van der Waals surface area contributed by atoms with Crippen molar-refractivity contribution in [2.45, 2.75) is 26.7 Å². The molecule has 0 saturated carbocycles. The first-order valence-corrected chi connectivity index (χ1v) is 6.37. The van der Waals surface area contributed by atoms with Gasteiger partial charge < -0.3 is 4.90 Å². The van der Waals surface area contributed by atoms with Gasteiger partial charge in [-0.3, -0.25) is 14.3 Å². The van der Waals surface area contributed by atoms with Crippen LogP contribution in [-0.2, 0) is 18.3 Å². The van der Waals surface area contributed by atoms with Gasteiger partial charge in [0, 0.05) is 38.7 Å². The first kappa shape index (κ1) is 12.8. The number of rotatable bonds is 2. The topological polar surface area (TPSA) is 55.2 Å². The molecule has 0 N–H and O–H groups in total. The number of nitrogens with zero attached hydrogens (tertiary/aromatic N) is 3. The number of piperidine rings is 1. The molecule has 1 aromatic heterocycles. The number of aromatic nitrogens is 2. The molecule has 5 heteroatoms. The van der Waals surface area contributed by atoms with Gasteiger partial charge in [-0.2, -0.15) is 5.10 Å². The van der Waals surface area contributed by atoms with Gasteiger partial charge in [-0.1, -0.05) is 13.8 Å². The number of carbonyl (C=O) groups is 2. The maximum Gasteiger partial charge on any atom is 0.257 e. The first-order valence-electron chi connectivity index (χ1n) is 6.37. The van der Waals surface area contributed by atoms with E-state index in [9.17, 15) is 9.59 Å². The predicted octanol–water partition coefficient (Wildman–Crippen LogP) is 1.03. The third kappa shape index (κ3) is 2.30. The molecule has 0 radical (unpaired) electrons. The summed E-state index contributed by atoms with van der Waals surface area (Å²) in [6.45, 7) is 4.92. The van der Waals surface area contributed by atoms with E-state index in [-0.39, 0.29) is 17.6 Å². The molecule has 0 aliphatic carbocycles. The minimum atomic E-state index is -0.0514. The molecule has 1 amide bonds. The highest BCUT2D eigenvalue weighted by Gasteiger charge is 2.28. The van der Waals surface area contributed by atoms with Crippen molar-refractivity contribution in [3.8, 4) is 0 Å². The van der Waals surface area contributed by atoms with E-state index in [4.69, 9.17) is 0 Å². The Balaban J connectivity index is 2.18. The van der Waals surface area contributed by atoms with Crippen LogP contribution in [0.4, 0.5) is 0 Å². The molecule has 5 nitrogen and oxygen atoms in total. The molecule has 0 aromatic carbocycles. The van der Waals surface area contributed by atoms with E-state index in [2.05, 4.69) is 5.10 Å². The minimum Gasteiger partial charge on any atom is -0.337 e. The summed E-state index contributed by atoms with van der Waals surface area (Å²) < 4.78 is 1.67. The smallest absolute Gasteiger partial charge is 0.257 e. The zero-order valence-corrected chi connectivity index (χ0v) is 11.1. The molecule has 1 saturated heterocycles. The minimum absolute atomic E-state index is 0.000648. The van der Waals surface area contributed by atoms with Gasteiger partial charge in [0.15, 0.2) is 0 Å². The molecule has 1 aromatic rings. The van der Waals surface area contributed by atoms with Crippen LogP contribution in [0.5, 0.6) is 0 Å². The van der Waals surface area contributed by atoms with E-state index >= 15 is 0 Å². The van der Waals surface area contributed by atoms with Crippen LogP contribution in [-0.4, -0.2) is 39.5 Å². The van der Waals surface area contributed by atoms with Crippen molar-refractivity contribution in [3.63, 3.8) is 0 Å². The Kier molecular flexibility index (Phi) is 3.50. The van der Waals surface area contributed by atoms with Crippen molar-refractivity contribution in [2.75, 3.05) is 13.1 Å². The normalized spacial score (nSPS) is 20.3. The number of amides is 1. The predicted molar refractivity (Wildman–Crippen MR) is 67.3 cm³/mol. The maximum absolute atomic E-state index is 12.4. The molecule has 18 heavy (non-hydrogen) atoms. The second-order valence-electron chi connectivity index (χ2n) is 4.89. The molecule has 98 valence electrons. The molecular formula is C13H19N3O2. The third-order valence-corrected chi connectivity index (χ3v) is 3.43. The fourth-order valence-electron chi connectivity index (χ4n) is 2.34.